The third-order valence-electron chi connectivity index (χ3n) is 5.00. The molecule has 2 heterocycles. The van der Waals surface area contributed by atoms with Crippen LogP contribution in [0.25, 0.3) is 0 Å². The highest BCUT2D eigenvalue weighted by atomic mass is 16.2. The fourth-order valence-corrected chi connectivity index (χ4v) is 3.14. The monoisotopic (exact) mass is 306 g/mol. The molecule has 5 heteroatoms. The molecule has 5 nitrogen and oxygen atoms in total. The highest BCUT2D eigenvalue weighted by Gasteiger charge is 2.31. The standard InChI is InChI=1S/C17H30N4O/c1-5-15-7-6-9-21(11-15)17(3,4)12-19-16(22)14(2)20-10-8-18-13-20/h8,10,13-15H,5-7,9,11-12H2,1-4H3,(H,19,22). The largest absolute Gasteiger partial charge is 0.352 e. The first-order chi connectivity index (χ1) is 10.4. The van der Waals surface area contributed by atoms with Crippen LogP contribution in [0.1, 0.15) is 53.0 Å². The first kappa shape index (κ1) is 17.0. The Morgan fingerprint density at radius 3 is 2.91 bits per heavy atom. The van der Waals surface area contributed by atoms with Crippen LogP contribution in [0.15, 0.2) is 18.7 Å². The van der Waals surface area contributed by atoms with Gasteiger partial charge in [-0.1, -0.05) is 13.3 Å². The molecule has 0 saturated carbocycles. The summed E-state index contributed by atoms with van der Waals surface area (Å²) in [4.78, 5) is 18.8. The zero-order valence-electron chi connectivity index (χ0n) is 14.4. The van der Waals surface area contributed by atoms with Crippen molar-refractivity contribution in [3.8, 4) is 0 Å². The first-order valence-corrected chi connectivity index (χ1v) is 8.44. The minimum atomic E-state index is -0.219. The molecule has 2 atom stereocenters. The Morgan fingerprint density at radius 1 is 1.50 bits per heavy atom. The smallest absolute Gasteiger partial charge is 0.242 e. The number of likely N-dealkylation sites (tertiary alicyclic amines) is 1. The Hall–Kier alpha value is -1.36. The lowest BCUT2D eigenvalue weighted by Crippen LogP contribution is -2.55. The van der Waals surface area contributed by atoms with Gasteiger partial charge in [-0.15, -0.1) is 0 Å². The molecule has 124 valence electrons. The van der Waals surface area contributed by atoms with E-state index in [4.69, 9.17) is 0 Å². The molecule has 0 bridgehead atoms. The maximum Gasteiger partial charge on any atom is 0.242 e. The predicted molar refractivity (Wildman–Crippen MR) is 88.6 cm³/mol. The van der Waals surface area contributed by atoms with Crippen LogP contribution in [0.2, 0.25) is 0 Å². The molecule has 0 radical (unpaired) electrons. The number of amides is 1. The summed E-state index contributed by atoms with van der Waals surface area (Å²) >= 11 is 0. The maximum absolute atomic E-state index is 12.3. The van der Waals surface area contributed by atoms with Crippen molar-refractivity contribution in [1.82, 2.24) is 19.8 Å². The normalized spacial score (nSPS) is 21.5. The Labute approximate surface area is 134 Å². The topological polar surface area (TPSA) is 50.2 Å². The summed E-state index contributed by atoms with van der Waals surface area (Å²) in [6.07, 6.45) is 9.06. The number of hydrogen-bond donors (Lipinski definition) is 1. The SMILES string of the molecule is CCC1CCCN(C(C)(C)CNC(=O)C(C)n2ccnc2)C1. The van der Waals surface area contributed by atoms with Gasteiger partial charge >= 0.3 is 0 Å². The van der Waals surface area contributed by atoms with Crippen LogP contribution < -0.4 is 5.32 Å². The number of rotatable bonds is 6. The van der Waals surface area contributed by atoms with Crippen LogP contribution in [-0.2, 0) is 4.79 Å². The molecule has 1 aromatic rings. The van der Waals surface area contributed by atoms with Crippen molar-refractivity contribution in [2.75, 3.05) is 19.6 Å². The number of imidazole rings is 1. The molecule has 1 aliphatic heterocycles. The van der Waals surface area contributed by atoms with Crippen molar-refractivity contribution in [3.05, 3.63) is 18.7 Å². The van der Waals surface area contributed by atoms with Crippen LogP contribution in [0, 0.1) is 5.92 Å². The molecule has 0 aliphatic carbocycles. The summed E-state index contributed by atoms with van der Waals surface area (Å²) in [6, 6.07) is -0.219. The number of nitrogens with zero attached hydrogens (tertiary/aromatic N) is 3. The molecule has 2 unspecified atom stereocenters. The second-order valence-electron chi connectivity index (χ2n) is 7.08. The van der Waals surface area contributed by atoms with Gasteiger partial charge in [-0.05, 0) is 46.1 Å². The number of nitrogens with one attached hydrogen (secondary N) is 1. The number of piperidine rings is 1. The molecular formula is C17H30N4O. The van der Waals surface area contributed by atoms with Gasteiger partial charge in [-0.25, -0.2) is 4.98 Å². The van der Waals surface area contributed by atoms with Crippen molar-refractivity contribution in [1.29, 1.82) is 0 Å². The van der Waals surface area contributed by atoms with Crippen LogP contribution >= 0.6 is 0 Å². The average molecular weight is 306 g/mol. The van der Waals surface area contributed by atoms with Gasteiger partial charge in [0.25, 0.3) is 0 Å². The van der Waals surface area contributed by atoms with Gasteiger partial charge in [-0.3, -0.25) is 9.69 Å². The quantitative estimate of drug-likeness (QED) is 0.878. The second-order valence-corrected chi connectivity index (χ2v) is 7.08. The molecule has 1 amide bonds. The summed E-state index contributed by atoms with van der Waals surface area (Å²) in [5.41, 5.74) is -0.00183. The van der Waals surface area contributed by atoms with E-state index in [0.29, 0.717) is 6.54 Å². The van der Waals surface area contributed by atoms with Crippen LogP contribution in [0.3, 0.4) is 0 Å². The Bertz CT molecular complexity index is 469. The van der Waals surface area contributed by atoms with Crippen molar-refractivity contribution in [2.24, 2.45) is 5.92 Å². The van der Waals surface area contributed by atoms with E-state index < -0.39 is 0 Å². The summed E-state index contributed by atoms with van der Waals surface area (Å²) in [7, 11) is 0. The lowest BCUT2D eigenvalue weighted by molar-refractivity contribution is -0.124. The number of hydrogen-bond acceptors (Lipinski definition) is 3. The third-order valence-corrected chi connectivity index (χ3v) is 5.00. The van der Waals surface area contributed by atoms with E-state index >= 15 is 0 Å². The van der Waals surface area contributed by atoms with Gasteiger partial charge in [0.05, 0.1) is 6.33 Å². The molecule has 1 N–H and O–H groups in total. The Kier molecular flexibility index (Phi) is 5.62. The van der Waals surface area contributed by atoms with Crippen LogP contribution in [0.4, 0.5) is 0 Å². The number of carbonyl (C=O) groups is 1. The van der Waals surface area contributed by atoms with E-state index in [1.807, 2.05) is 17.7 Å². The summed E-state index contributed by atoms with van der Waals surface area (Å²) < 4.78 is 1.83. The van der Waals surface area contributed by atoms with Crippen molar-refractivity contribution < 1.29 is 4.79 Å². The summed E-state index contributed by atoms with van der Waals surface area (Å²) in [5.74, 6) is 0.851. The molecule has 0 spiro atoms. The van der Waals surface area contributed by atoms with Crippen molar-refractivity contribution >= 4 is 5.91 Å². The Morgan fingerprint density at radius 2 is 2.27 bits per heavy atom. The van der Waals surface area contributed by atoms with E-state index in [1.165, 1.54) is 19.3 Å². The van der Waals surface area contributed by atoms with Gasteiger partial charge in [0.2, 0.25) is 5.91 Å². The van der Waals surface area contributed by atoms with Crippen molar-refractivity contribution in [2.45, 2.75) is 58.5 Å². The maximum atomic E-state index is 12.3. The van der Waals surface area contributed by atoms with Gasteiger partial charge < -0.3 is 9.88 Å². The summed E-state index contributed by atoms with van der Waals surface area (Å²) in [6.45, 7) is 11.6. The first-order valence-electron chi connectivity index (χ1n) is 8.44. The highest BCUT2D eigenvalue weighted by molar-refractivity contribution is 5.79. The van der Waals surface area contributed by atoms with E-state index in [1.54, 1.807) is 12.5 Å². The summed E-state index contributed by atoms with van der Waals surface area (Å²) in [5, 5.41) is 3.11. The second kappa shape index (κ2) is 7.27. The minimum absolute atomic E-state index is 0.00183. The van der Waals surface area contributed by atoms with E-state index in [-0.39, 0.29) is 17.5 Å². The van der Waals surface area contributed by atoms with E-state index in [0.717, 1.165) is 19.0 Å². The number of aromatic nitrogens is 2. The molecule has 1 aromatic heterocycles. The fraction of sp³-hybridized carbons (Fsp3) is 0.765. The lowest BCUT2D eigenvalue weighted by atomic mass is 9.91. The third kappa shape index (κ3) is 4.09. The van der Waals surface area contributed by atoms with E-state index in [9.17, 15) is 4.79 Å². The van der Waals surface area contributed by atoms with Crippen LogP contribution in [0.5, 0.6) is 0 Å². The molecule has 2 rings (SSSR count). The molecule has 1 saturated heterocycles. The molecule has 1 fully saturated rings. The van der Waals surface area contributed by atoms with Crippen molar-refractivity contribution in [3.63, 3.8) is 0 Å². The molecule has 0 aromatic carbocycles. The minimum Gasteiger partial charge on any atom is -0.352 e. The Balaban J connectivity index is 1.87. The average Bonchev–Trinajstić information content (AvgIpc) is 3.06. The highest BCUT2D eigenvalue weighted by Crippen LogP contribution is 2.25. The fourth-order valence-electron chi connectivity index (χ4n) is 3.14. The zero-order valence-corrected chi connectivity index (χ0v) is 14.4. The van der Waals surface area contributed by atoms with Gasteiger partial charge in [0.15, 0.2) is 0 Å². The molecule has 22 heavy (non-hydrogen) atoms. The van der Waals surface area contributed by atoms with Gasteiger partial charge in [-0.2, -0.15) is 0 Å². The number of carbonyl (C=O) groups excluding carboxylic acids is 1. The zero-order chi connectivity index (χ0) is 16.2. The van der Waals surface area contributed by atoms with Gasteiger partial charge in [0.1, 0.15) is 6.04 Å². The molecule has 1 aliphatic rings. The predicted octanol–water partition coefficient (Wildman–Crippen LogP) is 2.46. The van der Waals surface area contributed by atoms with E-state index in [2.05, 4.69) is 36.0 Å². The molecular weight excluding hydrogens is 276 g/mol. The lowest BCUT2D eigenvalue weighted by Gasteiger charge is -2.43. The van der Waals surface area contributed by atoms with Gasteiger partial charge in [0, 0.05) is 31.0 Å². The van der Waals surface area contributed by atoms with Crippen LogP contribution in [-0.4, -0.2) is 45.5 Å².